The Morgan fingerprint density at radius 3 is 2.30 bits per heavy atom. The summed E-state index contributed by atoms with van der Waals surface area (Å²) in [6.45, 7) is 2.18. The van der Waals surface area contributed by atoms with Crippen LogP contribution in [0.1, 0.15) is 51.9 Å². The minimum Gasteiger partial charge on any atom is -0.427 e. The van der Waals surface area contributed by atoms with Crippen LogP contribution in [0.25, 0.3) is 0 Å². The molecule has 1 rings (SSSR count). The molecule has 0 aliphatic heterocycles. The molecule has 1 atom stereocenters. The third kappa shape index (κ3) is 6.82. The molecule has 1 aromatic carbocycles. The van der Waals surface area contributed by atoms with E-state index in [0.29, 0.717) is 17.1 Å². The van der Waals surface area contributed by atoms with E-state index in [2.05, 4.69) is 6.92 Å². The molecule has 0 aliphatic carbocycles. The molecule has 0 saturated heterocycles. The topological polar surface area (TPSA) is 63.6 Å². The molecule has 0 radical (unpaired) electrons. The molecule has 0 saturated carbocycles. The number of carbonyl (C=O) groups is 1. The molecule has 20 heavy (non-hydrogen) atoms. The summed E-state index contributed by atoms with van der Waals surface area (Å²) in [5.74, 6) is 0.161. The lowest BCUT2D eigenvalue weighted by Gasteiger charge is -2.04. The van der Waals surface area contributed by atoms with Crippen LogP contribution in [0.4, 0.5) is 0 Å². The first-order chi connectivity index (χ1) is 9.63. The smallest absolute Gasteiger partial charge is 0.311 e. The van der Waals surface area contributed by atoms with Crippen LogP contribution in [0.3, 0.4) is 0 Å². The quantitative estimate of drug-likeness (QED) is 0.325. The Hall–Kier alpha value is -1.20. The number of hydrogen-bond acceptors (Lipinski definition) is 3. The average Bonchev–Trinajstić information content (AvgIpc) is 2.43. The van der Waals surface area contributed by atoms with Gasteiger partial charge in [0.2, 0.25) is 0 Å². The summed E-state index contributed by atoms with van der Waals surface area (Å²) in [7, 11) is 0. The number of esters is 1. The second kappa shape index (κ2) is 9.66. The number of carbonyl (C=O) groups excluding carboxylic acids is 1. The van der Waals surface area contributed by atoms with Gasteiger partial charge < -0.3 is 9.29 Å². The van der Waals surface area contributed by atoms with Gasteiger partial charge in [-0.3, -0.25) is 4.79 Å². The minimum absolute atomic E-state index is 0.252. The van der Waals surface area contributed by atoms with Gasteiger partial charge in [0.05, 0.1) is 4.90 Å². The van der Waals surface area contributed by atoms with Crippen molar-refractivity contribution in [3.63, 3.8) is 0 Å². The minimum atomic E-state index is -2.00. The summed E-state index contributed by atoms with van der Waals surface area (Å²) < 4.78 is 24.8. The number of hydrogen-bond donors (Lipinski definition) is 1. The van der Waals surface area contributed by atoms with Gasteiger partial charge in [-0.25, -0.2) is 4.21 Å². The predicted octanol–water partition coefficient (Wildman–Crippen LogP) is 3.92. The molecular formula is C15H22O4S. The normalized spacial score (nSPS) is 12.1. The lowest BCUT2D eigenvalue weighted by molar-refractivity contribution is -0.134. The van der Waals surface area contributed by atoms with Crippen LogP contribution in [-0.2, 0) is 15.9 Å². The molecule has 0 bridgehead atoms. The van der Waals surface area contributed by atoms with E-state index < -0.39 is 11.1 Å². The molecule has 4 nitrogen and oxygen atoms in total. The third-order valence-corrected chi connectivity index (χ3v) is 3.67. The average molecular weight is 298 g/mol. The number of ether oxygens (including phenoxy) is 1. The Balaban J connectivity index is 2.23. The van der Waals surface area contributed by atoms with E-state index in [1.165, 1.54) is 43.5 Å². The molecule has 0 aromatic heterocycles. The molecule has 1 unspecified atom stereocenters. The van der Waals surface area contributed by atoms with Crippen LogP contribution in [0.2, 0.25) is 0 Å². The van der Waals surface area contributed by atoms with E-state index in [1.54, 1.807) is 0 Å². The van der Waals surface area contributed by atoms with Crippen molar-refractivity contribution in [3.8, 4) is 5.75 Å². The summed E-state index contributed by atoms with van der Waals surface area (Å²) in [6.07, 6.45) is 7.18. The highest BCUT2D eigenvalue weighted by Gasteiger charge is 2.06. The maximum Gasteiger partial charge on any atom is 0.311 e. The van der Waals surface area contributed by atoms with Crippen LogP contribution in [0, 0.1) is 0 Å². The van der Waals surface area contributed by atoms with E-state index in [4.69, 9.17) is 9.29 Å². The summed E-state index contributed by atoms with van der Waals surface area (Å²) in [5.41, 5.74) is 0. The highest BCUT2D eigenvalue weighted by molar-refractivity contribution is 7.79. The first-order valence-corrected chi connectivity index (χ1v) is 8.15. The van der Waals surface area contributed by atoms with E-state index in [1.807, 2.05) is 0 Å². The molecular weight excluding hydrogens is 276 g/mol. The van der Waals surface area contributed by atoms with Gasteiger partial charge in [-0.1, -0.05) is 39.0 Å². The van der Waals surface area contributed by atoms with Crippen molar-refractivity contribution < 1.29 is 18.3 Å². The summed E-state index contributed by atoms with van der Waals surface area (Å²) in [6, 6.07) is 6.01. The largest absolute Gasteiger partial charge is 0.427 e. The van der Waals surface area contributed by atoms with E-state index in [0.717, 1.165) is 19.3 Å². The van der Waals surface area contributed by atoms with Crippen molar-refractivity contribution in [1.82, 2.24) is 0 Å². The standard InChI is InChI=1S/C15H22O4S/c1-2-3-4-5-6-7-8-15(16)19-13-9-11-14(12-10-13)20(17)18/h9-12H,2-8H2,1H3,(H,17,18). The highest BCUT2D eigenvalue weighted by atomic mass is 32.2. The monoisotopic (exact) mass is 298 g/mol. The zero-order chi connectivity index (χ0) is 14.8. The van der Waals surface area contributed by atoms with Gasteiger partial charge in [0, 0.05) is 6.42 Å². The number of benzene rings is 1. The molecule has 5 heteroatoms. The van der Waals surface area contributed by atoms with E-state index in [-0.39, 0.29) is 5.97 Å². The molecule has 1 N–H and O–H groups in total. The van der Waals surface area contributed by atoms with Crippen molar-refractivity contribution in [3.05, 3.63) is 24.3 Å². The Morgan fingerprint density at radius 1 is 1.10 bits per heavy atom. The number of rotatable bonds is 9. The molecule has 0 heterocycles. The predicted molar refractivity (Wildman–Crippen MR) is 79.1 cm³/mol. The zero-order valence-electron chi connectivity index (χ0n) is 11.8. The van der Waals surface area contributed by atoms with Crippen LogP contribution >= 0.6 is 0 Å². The van der Waals surface area contributed by atoms with Crippen LogP contribution in [0.5, 0.6) is 5.75 Å². The fraction of sp³-hybridized carbons (Fsp3) is 0.533. The van der Waals surface area contributed by atoms with Gasteiger partial charge in [-0.15, -0.1) is 0 Å². The molecule has 112 valence electrons. The maximum atomic E-state index is 11.6. The van der Waals surface area contributed by atoms with Gasteiger partial charge in [0.25, 0.3) is 0 Å². The summed E-state index contributed by atoms with van der Waals surface area (Å²) in [4.78, 5) is 11.9. The molecule has 0 aliphatic rings. The van der Waals surface area contributed by atoms with E-state index >= 15 is 0 Å². The fourth-order valence-corrected chi connectivity index (χ4v) is 2.23. The first-order valence-electron chi connectivity index (χ1n) is 7.05. The zero-order valence-corrected chi connectivity index (χ0v) is 12.7. The van der Waals surface area contributed by atoms with Gasteiger partial charge >= 0.3 is 5.97 Å². The fourth-order valence-electron chi connectivity index (χ4n) is 1.86. The Kier molecular flexibility index (Phi) is 8.14. The van der Waals surface area contributed by atoms with Gasteiger partial charge in [0.1, 0.15) is 5.75 Å². The highest BCUT2D eigenvalue weighted by Crippen LogP contribution is 2.15. The SMILES string of the molecule is CCCCCCCCC(=O)Oc1ccc(S(=O)O)cc1. The lowest BCUT2D eigenvalue weighted by atomic mass is 10.1. The third-order valence-electron chi connectivity index (χ3n) is 2.99. The first kappa shape index (κ1) is 16.9. The van der Waals surface area contributed by atoms with Crippen molar-refractivity contribution in [1.29, 1.82) is 0 Å². The second-order valence-corrected chi connectivity index (χ2v) is 5.68. The van der Waals surface area contributed by atoms with Gasteiger partial charge in [-0.2, -0.15) is 0 Å². The second-order valence-electron chi connectivity index (χ2n) is 4.71. The van der Waals surface area contributed by atoms with Crippen LogP contribution < -0.4 is 4.74 Å². The Bertz CT molecular complexity index is 428. The Labute approximate surface area is 122 Å². The molecule has 0 spiro atoms. The van der Waals surface area contributed by atoms with Crippen molar-refractivity contribution in [2.24, 2.45) is 0 Å². The van der Waals surface area contributed by atoms with Crippen molar-refractivity contribution >= 4 is 17.0 Å². The molecule has 0 amide bonds. The van der Waals surface area contributed by atoms with Crippen molar-refractivity contribution in [2.45, 2.75) is 56.8 Å². The maximum absolute atomic E-state index is 11.6. The van der Waals surface area contributed by atoms with Crippen LogP contribution in [-0.4, -0.2) is 14.7 Å². The molecule has 0 fully saturated rings. The van der Waals surface area contributed by atoms with Crippen molar-refractivity contribution in [2.75, 3.05) is 0 Å². The summed E-state index contributed by atoms with van der Waals surface area (Å²) >= 11 is -2.00. The molecule has 1 aromatic rings. The lowest BCUT2D eigenvalue weighted by Crippen LogP contribution is -2.07. The number of unbranched alkanes of at least 4 members (excludes halogenated alkanes) is 5. The van der Waals surface area contributed by atoms with Crippen LogP contribution in [0.15, 0.2) is 29.2 Å². The van der Waals surface area contributed by atoms with Gasteiger partial charge in [-0.05, 0) is 30.7 Å². The van der Waals surface area contributed by atoms with Gasteiger partial charge in [0.15, 0.2) is 11.1 Å². The van der Waals surface area contributed by atoms with E-state index in [9.17, 15) is 9.00 Å². The Morgan fingerprint density at radius 2 is 1.70 bits per heavy atom. The summed E-state index contributed by atoms with van der Waals surface area (Å²) in [5, 5.41) is 0.